The SMILES string of the molecule is COC12CCC(CN3CC(CC(=O)c4cn(C5CC5)nn4)C3)(CC1)CC2. The zero-order valence-electron chi connectivity index (χ0n) is 15.8. The molecule has 5 aliphatic rings. The number of likely N-dealkylation sites (tertiary alicyclic amines) is 1. The maximum atomic E-state index is 12.4. The van der Waals surface area contributed by atoms with Crippen molar-refractivity contribution in [1.82, 2.24) is 19.9 Å². The van der Waals surface area contributed by atoms with Crippen molar-refractivity contribution in [3.63, 3.8) is 0 Å². The minimum absolute atomic E-state index is 0.167. The zero-order chi connectivity index (χ0) is 17.8. The molecule has 6 heteroatoms. The van der Waals surface area contributed by atoms with Gasteiger partial charge < -0.3 is 9.64 Å². The minimum Gasteiger partial charge on any atom is -0.378 e. The normalized spacial score (nSPS) is 34.8. The standard InChI is InChI=1S/C20H30N4O2/c1-26-20-7-4-19(5-8-20,6-9-20)14-23-11-15(12-23)10-18(25)17-13-24(22-21-17)16-2-3-16/h13,15-16H,2-12,14H2,1H3. The molecule has 1 aromatic heterocycles. The fourth-order valence-electron chi connectivity index (χ4n) is 5.47. The van der Waals surface area contributed by atoms with E-state index in [2.05, 4.69) is 15.2 Å². The number of fused-ring (bicyclic) bond motifs is 3. The Morgan fingerprint density at radius 2 is 1.88 bits per heavy atom. The lowest BCUT2D eigenvalue weighted by Crippen LogP contribution is -2.56. The Labute approximate surface area is 155 Å². The molecule has 0 N–H and O–H groups in total. The molecule has 1 saturated heterocycles. The Hall–Kier alpha value is -1.27. The maximum absolute atomic E-state index is 12.4. The first-order valence-corrected chi connectivity index (χ1v) is 10.3. The smallest absolute Gasteiger partial charge is 0.185 e. The second kappa shape index (κ2) is 6.13. The molecule has 0 spiro atoms. The number of nitrogens with zero attached hydrogens (tertiary/aromatic N) is 4. The minimum atomic E-state index is 0.167. The van der Waals surface area contributed by atoms with Gasteiger partial charge in [-0.05, 0) is 62.7 Å². The molecule has 142 valence electrons. The van der Waals surface area contributed by atoms with E-state index < -0.39 is 0 Å². The van der Waals surface area contributed by atoms with Crippen LogP contribution in [0, 0.1) is 11.3 Å². The van der Waals surface area contributed by atoms with Gasteiger partial charge in [0.1, 0.15) is 5.69 Å². The number of rotatable bonds is 7. The summed E-state index contributed by atoms with van der Waals surface area (Å²) in [5.74, 6) is 0.662. The van der Waals surface area contributed by atoms with Crippen molar-refractivity contribution in [3.05, 3.63) is 11.9 Å². The Morgan fingerprint density at radius 1 is 1.19 bits per heavy atom. The van der Waals surface area contributed by atoms with E-state index in [1.807, 2.05) is 18.0 Å². The van der Waals surface area contributed by atoms with Gasteiger partial charge in [0, 0.05) is 33.2 Å². The van der Waals surface area contributed by atoms with E-state index in [-0.39, 0.29) is 11.4 Å². The van der Waals surface area contributed by atoms with Gasteiger partial charge in [-0.3, -0.25) is 4.79 Å². The number of carbonyl (C=O) groups is 1. The molecular weight excluding hydrogens is 328 g/mol. The third kappa shape index (κ3) is 3.01. The van der Waals surface area contributed by atoms with Crippen LogP contribution in [0.4, 0.5) is 0 Å². The Balaban J connectivity index is 1.09. The van der Waals surface area contributed by atoms with Gasteiger partial charge in [0.2, 0.25) is 0 Å². The molecule has 0 atom stereocenters. The summed E-state index contributed by atoms with van der Waals surface area (Å²) in [5, 5.41) is 8.19. The van der Waals surface area contributed by atoms with E-state index in [4.69, 9.17) is 4.74 Å². The van der Waals surface area contributed by atoms with Crippen molar-refractivity contribution in [2.75, 3.05) is 26.7 Å². The van der Waals surface area contributed by atoms with E-state index in [0.29, 0.717) is 29.5 Å². The number of Topliss-reactive ketones (excluding diaryl/α,β-unsaturated/α-hetero) is 1. The van der Waals surface area contributed by atoms with Crippen molar-refractivity contribution in [3.8, 4) is 0 Å². The Bertz CT molecular complexity index is 665. The van der Waals surface area contributed by atoms with E-state index in [1.54, 1.807) is 0 Å². The van der Waals surface area contributed by atoms with Crippen LogP contribution in [0.25, 0.3) is 0 Å². The average molecular weight is 358 g/mol. The first-order valence-electron chi connectivity index (χ1n) is 10.3. The van der Waals surface area contributed by atoms with E-state index >= 15 is 0 Å². The van der Waals surface area contributed by atoms with E-state index in [9.17, 15) is 4.79 Å². The molecule has 2 bridgehead atoms. The van der Waals surface area contributed by atoms with Crippen molar-refractivity contribution in [2.45, 2.75) is 69.4 Å². The van der Waals surface area contributed by atoms with Gasteiger partial charge in [0.15, 0.2) is 5.78 Å². The number of ether oxygens (including phenoxy) is 1. The van der Waals surface area contributed by atoms with Gasteiger partial charge in [-0.1, -0.05) is 5.21 Å². The molecule has 0 unspecified atom stereocenters. The van der Waals surface area contributed by atoms with Crippen LogP contribution in [-0.2, 0) is 4.74 Å². The number of methoxy groups -OCH3 is 1. The summed E-state index contributed by atoms with van der Waals surface area (Å²) in [5.41, 5.74) is 1.27. The monoisotopic (exact) mass is 358 g/mol. The summed E-state index contributed by atoms with van der Waals surface area (Å²) in [7, 11) is 1.89. The van der Waals surface area contributed by atoms with Crippen molar-refractivity contribution < 1.29 is 9.53 Å². The zero-order valence-corrected chi connectivity index (χ0v) is 15.8. The number of hydrogen-bond donors (Lipinski definition) is 0. The van der Waals surface area contributed by atoms with Crippen LogP contribution in [-0.4, -0.2) is 58.0 Å². The third-order valence-corrected chi connectivity index (χ3v) is 7.55. The molecule has 6 rings (SSSR count). The number of ketones is 1. The molecule has 5 fully saturated rings. The van der Waals surface area contributed by atoms with Crippen LogP contribution in [0.2, 0.25) is 0 Å². The Morgan fingerprint density at radius 3 is 2.50 bits per heavy atom. The molecule has 2 heterocycles. The average Bonchev–Trinajstić information content (AvgIpc) is 3.38. The summed E-state index contributed by atoms with van der Waals surface area (Å²) in [4.78, 5) is 15.0. The molecule has 0 amide bonds. The maximum Gasteiger partial charge on any atom is 0.185 e. The van der Waals surface area contributed by atoms with Gasteiger partial charge in [0.25, 0.3) is 0 Å². The number of aromatic nitrogens is 3. The van der Waals surface area contributed by atoms with Crippen molar-refractivity contribution >= 4 is 5.78 Å². The highest BCUT2D eigenvalue weighted by molar-refractivity contribution is 5.94. The number of carbonyl (C=O) groups excluding carboxylic acids is 1. The van der Waals surface area contributed by atoms with Gasteiger partial charge >= 0.3 is 0 Å². The molecular formula is C20H30N4O2. The van der Waals surface area contributed by atoms with Gasteiger partial charge in [-0.15, -0.1) is 5.10 Å². The molecule has 4 saturated carbocycles. The van der Waals surface area contributed by atoms with Crippen LogP contribution in [0.1, 0.15) is 74.3 Å². The quantitative estimate of drug-likeness (QED) is 0.702. The summed E-state index contributed by atoms with van der Waals surface area (Å²) in [6.07, 6.45) is 12.4. The summed E-state index contributed by atoms with van der Waals surface area (Å²) in [6, 6.07) is 0.491. The highest BCUT2D eigenvalue weighted by atomic mass is 16.5. The lowest BCUT2D eigenvalue weighted by Gasteiger charge is -2.55. The molecule has 0 aromatic carbocycles. The molecule has 4 aliphatic carbocycles. The summed E-state index contributed by atoms with van der Waals surface area (Å²) < 4.78 is 7.68. The van der Waals surface area contributed by atoms with Crippen LogP contribution < -0.4 is 0 Å². The van der Waals surface area contributed by atoms with Crippen LogP contribution >= 0.6 is 0 Å². The molecule has 6 nitrogen and oxygen atoms in total. The Kier molecular flexibility index (Phi) is 3.98. The number of hydrogen-bond acceptors (Lipinski definition) is 5. The van der Waals surface area contributed by atoms with Gasteiger partial charge in [-0.25, -0.2) is 4.68 Å². The predicted molar refractivity (Wildman–Crippen MR) is 97.0 cm³/mol. The first kappa shape index (κ1) is 16.9. The second-order valence-corrected chi connectivity index (χ2v) is 9.39. The predicted octanol–water partition coefficient (Wildman–Crippen LogP) is 2.86. The lowest BCUT2D eigenvalue weighted by molar-refractivity contribution is -0.128. The lowest BCUT2D eigenvalue weighted by atomic mass is 9.58. The van der Waals surface area contributed by atoms with Gasteiger partial charge in [-0.2, -0.15) is 0 Å². The molecule has 0 radical (unpaired) electrons. The molecule has 1 aromatic rings. The first-order chi connectivity index (χ1) is 12.6. The highest BCUT2D eigenvalue weighted by Gasteiger charge is 2.50. The topological polar surface area (TPSA) is 60.2 Å². The van der Waals surface area contributed by atoms with Gasteiger partial charge in [0.05, 0.1) is 17.8 Å². The van der Waals surface area contributed by atoms with Crippen molar-refractivity contribution in [2.24, 2.45) is 11.3 Å². The van der Waals surface area contributed by atoms with Crippen LogP contribution in [0.5, 0.6) is 0 Å². The second-order valence-electron chi connectivity index (χ2n) is 9.39. The highest BCUT2D eigenvalue weighted by Crippen LogP contribution is 2.54. The van der Waals surface area contributed by atoms with Crippen molar-refractivity contribution in [1.29, 1.82) is 0 Å². The molecule has 1 aliphatic heterocycles. The third-order valence-electron chi connectivity index (χ3n) is 7.55. The summed E-state index contributed by atoms with van der Waals surface area (Å²) >= 11 is 0. The molecule has 26 heavy (non-hydrogen) atoms. The van der Waals surface area contributed by atoms with Crippen LogP contribution in [0.3, 0.4) is 0 Å². The largest absolute Gasteiger partial charge is 0.378 e. The van der Waals surface area contributed by atoms with E-state index in [0.717, 1.165) is 13.1 Å². The fourth-order valence-corrected chi connectivity index (χ4v) is 5.47. The summed E-state index contributed by atoms with van der Waals surface area (Å²) in [6.45, 7) is 3.36. The fraction of sp³-hybridized carbons (Fsp3) is 0.850. The van der Waals surface area contributed by atoms with E-state index in [1.165, 1.54) is 57.9 Å². The van der Waals surface area contributed by atoms with Crippen LogP contribution in [0.15, 0.2) is 6.20 Å².